The third kappa shape index (κ3) is 3.69. The number of benzene rings is 1. The van der Waals surface area contributed by atoms with Gasteiger partial charge >= 0.3 is 0 Å². The number of methoxy groups -OCH3 is 1. The Morgan fingerprint density at radius 3 is 2.55 bits per heavy atom. The average molecular weight is 357 g/mol. The minimum absolute atomic E-state index is 0.436. The van der Waals surface area contributed by atoms with Gasteiger partial charge in [-0.25, -0.2) is 9.97 Å². The van der Waals surface area contributed by atoms with Gasteiger partial charge in [0.25, 0.3) is 0 Å². The van der Waals surface area contributed by atoms with E-state index in [1.54, 1.807) is 7.11 Å². The molecule has 106 valence electrons. The first-order valence-electron chi connectivity index (χ1n) is 6.10. The summed E-state index contributed by atoms with van der Waals surface area (Å²) in [5, 5.41) is 3.78. The molecule has 6 heteroatoms. The molecule has 0 saturated carbocycles. The quantitative estimate of drug-likeness (QED) is 0.888. The topological polar surface area (TPSA) is 47.0 Å². The summed E-state index contributed by atoms with van der Waals surface area (Å²) in [6.45, 7) is 0.436. The van der Waals surface area contributed by atoms with Crippen molar-refractivity contribution in [1.29, 1.82) is 0 Å². The second-order valence-corrected chi connectivity index (χ2v) is 5.46. The molecule has 0 amide bonds. The molecule has 1 N–H and O–H groups in total. The fourth-order valence-corrected chi connectivity index (χ4v) is 2.42. The Morgan fingerprint density at radius 2 is 1.95 bits per heavy atom. The van der Waals surface area contributed by atoms with Crippen molar-refractivity contribution < 1.29 is 4.74 Å². The van der Waals surface area contributed by atoms with Crippen molar-refractivity contribution in [3.8, 4) is 0 Å². The molecule has 1 heterocycles. The third-order valence-electron chi connectivity index (χ3n) is 2.76. The van der Waals surface area contributed by atoms with Crippen molar-refractivity contribution in [3.63, 3.8) is 0 Å². The normalized spacial score (nSPS) is 10.6. The van der Waals surface area contributed by atoms with Crippen LogP contribution in [0.25, 0.3) is 0 Å². The molecule has 1 aromatic heterocycles. The molecule has 0 atom stereocenters. The molecular weight excluding hydrogens is 342 g/mol. The number of hydrogen-bond donors (Lipinski definition) is 1. The molecule has 2 aromatic rings. The van der Waals surface area contributed by atoms with Crippen LogP contribution in [0.1, 0.15) is 17.1 Å². The molecule has 0 saturated heterocycles. The van der Waals surface area contributed by atoms with E-state index in [2.05, 4.69) is 31.2 Å². The van der Waals surface area contributed by atoms with Gasteiger partial charge in [0.05, 0.1) is 16.8 Å². The number of halogens is 2. The van der Waals surface area contributed by atoms with Crippen LogP contribution in [0.4, 0.5) is 5.82 Å². The van der Waals surface area contributed by atoms with Crippen molar-refractivity contribution in [2.75, 3.05) is 19.5 Å². The zero-order valence-corrected chi connectivity index (χ0v) is 13.6. The number of nitrogens with zero attached hydrogens (tertiary/aromatic N) is 2. The van der Waals surface area contributed by atoms with Crippen LogP contribution in [0.15, 0.2) is 28.7 Å². The first-order valence-corrected chi connectivity index (χ1v) is 7.27. The molecule has 20 heavy (non-hydrogen) atoms. The van der Waals surface area contributed by atoms with E-state index in [4.69, 9.17) is 16.3 Å². The van der Waals surface area contributed by atoms with Gasteiger partial charge in [0.15, 0.2) is 0 Å². The van der Waals surface area contributed by atoms with Crippen molar-refractivity contribution in [2.24, 2.45) is 0 Å². The lowest BCUT2D eigenvalue weighted by atomic mass is 10.1. The Hall–Kier alpha value is -1.17. The minimum atomic E-state index is 0.436. The van der Waals surface area contributed by atoms with E-state index in [1.165, 1.54) is 0 Å². The average Bonchev–Trinajstić information content (AvgIpc) is 2.45. The van der Waals surface area contributed by atoms with Gasteiger partial charge in [0.2, 0.25) is 0 Å². The molecule has 0 aliphatic heterocycles. The molecule has 4 nitrogen and oxygen atoms in total. The number of anilines is 1. The van der Waals surface area contributed by atoms with Gasteiger partial charge in [0, 0.05) is 25.6 Å². The highest BCUT2D eigenvalue weighted by Crippen LogP contribution is 2.24. The lowest BCUT2D eigenvalue weighted by Crippen LogP contribution is -2.07. The smallest absolute Gasteiger partial charge is 0.144 e. The Bertz CT molecular complexity index is 590. The highest BCUT2D eigenvalue weighted by atomic mass is 79.9. The fraction of sp³-hybridized carbons (Fsp3) is 0.286. The number of nitrogens with one attached hydrogen (secondary N) is 1. The standard InChI is InChI=1S/C14H15BrClN3O/c1-17-14-13(15)11(8-20-2)18-12(19-14)7-9-3-5-10(16)6-4-9/h3-6H,7-8H2,1-2H3,(H,17,18,19). The van der Waals surface area contributed by atoms with Gasteiger partial charge in [-0.15, -0.1) is 0 Å². The SMILES string of the molecule is CNc1nc(Cc2ccc(Cl)cc2)nc(COC)c1Br. The maximum atomic E-state index is 5.89. The Balaban J connectivity index is 2.31. The van der Waals surface area contributed by atoms with Crippen LogP contribution < -0.4 is 5.32 Å². The summed E-state index contributed by atoms with van der Waals surface area (Å²) in [6, 6.07) is 7.68. The Kier molecular flexibility index (Phi) is 5.34. The molecular formula is C14H15BrClN3O. The summed E-state index contributed by atoms with van der Waals surface area (Å²) in [5.74, 6) is 1.50. The van der Waals surface area contributed by atoms with Crippen LogP contribution in [-0.2, 0) is 17.8 Å². The number of aromatic nitrogens is 2. The summed E-state index contributed by atoms with van der Waals surface area (Å²) in [4.78, 5) is 9.03. The number of rotatable bonds is 5. The van der Waals surface area contributed by atoms with E-state index in [0.29, 0.717) is 13.0 Å². The van der Waals surface area contributed by atoms with E-state index in [9.17, 15) is 0 Å². The highest BCUT2D eigenvalue weighted by Gasteiger charge is 2.11. The van der Waals surface area contributed by atoms with Gasteiger partial charge < -0.3 is 10.1 Å². The summed E-state index contributed by atoms with van der Waals surface area (Å²) in [6.07, 6.45) is 0.649. The predicted octanol–water partition coefficient (Wildman–Crippen LogP) is 3.67. The molecule has 0 aliphatic carbocycles. The zero-order chi connectivity index (χ0) is 14.5. The van der Waals surface area contributed by atoms with Crippen molar-refractivity contribution in [3.05, 3.63) is 50.8 Å². The van der Waals surface area contributed by atoms with Gasteiger partial charge in [0.1, 0.15) is 11.6 Å². The molecule has 2 rings (SSSR count). The Morgan fingerprint density at radius 1 is 1.25 bits per heavy atom. The summed E-state index contributed by atoms with van der Waals surface area (Å²) in [7, 11) is 3.47. The number of ether oxygens (including phenoxy) is 1. The van der Waals surface area contributed by atoms with Gasteiger partial charge in [-0.3, -0.25) is 0 Å². The summed E-state index contributed by atoms with van der Waals surface area (Å²) < 4.78 is 6.00. The van der Waals surface area contributed by atoms with E-state index in [0.717, 1.165) is 32.4 Å². The lowest BCUT2D eigenvalue weighted by molar-refractivity contribution is 0.180. The van der Waals surface area contributed by atoms with Crippen LogP contribution in [0.5, 0.6) is 0 Å². The zero-order valence-electron chi connectivity index (χ0n) is 11.3. The van der Waals surface area contributed by atoms with Gasteiger partial charge in [-0.05, 0) is 33.6 Å². The molecule has 0 fully saturated rings. The second kappa shape index (κ2) is 7.02. The van der Waals surface area contributed by atoms with Crippen molar-refractivity contribution in [2.45, 2.75) is 13.0 Å². The van der Waals surface area contributed by atoms with Crippen molar-refractivity contribution in [1.82, 2.24) is 9.97 Å². The maximum absolute atomic E-state index is 5.89. The Labute approximate surface area is 131 Å². The summed E-state index contributed by atoms with van der Waals surface area (Å²) >= 11 is 9.37. The molecule has 0 spiro atoms. The first-order chi connectivity index (χ1) is 9.63. The molecule has 0 unspecified atom stereocenters. The van der Waals surface area contributed by atoms with E-state index < -0.39 is 0 Å². The van der Waals surface area contributed by atoms with Gasteiger partial charge in [-0.2, -0.15) is 0 Å². The minimum Gasteiger partial charge on any atom is -0.378 e. The molecule has 0 bridgehead atoms. The predicted molar refractivity (Wildman–Crippen MR) is 84.2 cm³/mol. The first kappa shape index (κ1) is 15.2. The second-order valence-electron chi connectivity index (χ2n) is 4.24. The third-order valence-corrected chi connectivity index (χ3v) is 3.84. The van der Waals surface area contributed by atoms with Crippen LogP contribution in [0, 0.1) is 0 Å². The lowest BCUT2D eigenvalue weighted by Gasteiger charge is -2.10. The van der Waals surface area contributed by atoms with E-state index in [-0.39, 0.29) is 0 Å². The summed E-state index contributed by atoms with van der Waals surface area (Å²) in [5.41, 5.74) is 1.94. The van der Waals surface area contributed by atoms with Crippen molar-refractivity contribution >= 4 is 33.3 Å². The van der Waals surface area contributed by atoms with Crippen LogP contribution in [0.2, 0.25) is 5.02 Å². The number of hydrogen-bond acceptors (Lipinski definition) is 4. The monoisotopic (exact) mass is 355 g/mol. The molecule has 0 radical (unpaired) electrons. The van der Waals surface area contributed by atoms with Crippen LogP contribution in [-0.4, -0.2) is 24.1 Å². The van der Waals surface area contributed by atoms with Crippen LogP contribution in [0.3, 0.4) is 0 Å². The van der Waals surface area contributed by atoms with Gasteiger partial charge in [-0.1, -0.05) is 23.7 Å². The molecule has 0 aliphatic rings. The maximum Gasteiger partial charge on any atom is 0.144 e. The van der Waals surface area contributed by atoms with Crippen LogP contribution >= 0.6 is 27.5 Å². The largest absolute Gasteiger partial charge is 0.378 e. The highest BCUT2D eigenvalue weighted by molar-refractivity contribution is 9.10. The molecule has 1 aromatic carbocycles. The van der Waals surface area contributed by atoms with E-state index in [1.807, 2.05) is 31.3 Å². The van der Waals surface area contributed by atoms with E-state index >= 15 is 0 Å². The fourth-order valence-electron chi connectivity index (χ4n) is 1.81.